The van der Waals surface area contributed by atoms with Crippen molar-refractivity contribution in [3.63, 3.8) is 0 Å². The molecular weight excluding hydrogens is 418 g/mol. The molecule has 0 bridgehead atoms. The van der Waals surface area contributed by atoms with Crippen LogP contribution in [0.4, 0.5) is 27.9 Å². The number of aromatic nitrogens is 2. The predicted molar refractivity (Wildman–Crippen MR) is 128 cm³/mol. The zero-order valence-corrected chi connectivity index (χ0v) is 18.8. The molecular formula is C24H31N7O2. The summed E-state index contributed by atoms with van der Waals surface area (Å²) in [7, 11) is 0. The van der Waals surface area contributed by atoms with E-state index in [0.717, 1.165) is 48.6 Å². The summed E-state index contributed by atoms with van der Waals surface area (Å²) in [6, 6.07) is 7.63. The first-order valence-electron chi connectivity index (χ1n) is 12.0. The number of benzene rings is 1. The number of amides is 3. The fourth-order valence-electron chi connectivity index (χ4n) is 4.21. The normalized spacial score (nSPS) is 17.9. The molecule has 1 aromatic heterocycles. The summed E-state index contributed by atoms with van der Waals surface area (Å²) in [5, 5.41) is 12.6. The second kappa shape index (κ2) is 9.64. The van der Waals surface area contributed by atoms with Crippen LogP contribution in [0.25, 0.3) is 0 Å². The quantitative estimate of drug-likeness (QED) is 0.414. The monoisotopic (exact) mass is 449 g/mol. The van der Waals surface area contributed by atoms with Gasteiger partial charge in [-0.1, -0.05) is 12.5 Å². The van der Waals surface area contributed by atoms with Crippen LogP contribution >= 0.6 is 0 Å². The molecule has 2 aliphatic carbocycles. The molecule has 5 rings (SSSR count). The maximum atomic E-state index is 12.0. The van der Waals surface area contributed by atoms with Crippen molar-refractivity contribution >= 4 is 35.1 Å². The number of urea groups is 1. The van der Waals surface area contributed by atoms with Gasteiger partial charge in [-0.25, -0.2) is 9.78 Å². The molecule has 0 spiro atoms. The molecule has 9 heteroatoms. The van der Waals surface area contributed by atoms with E-state index < -0.39 is 0 Å². The lowest BCUT2D eigenvalue weighted by atomic mass is 9.85. The van der Waals surface area contributed by atoms with E-state index in [1.54, 1.807) is 4.90 Å². The molecule has 0 radical (unpaired) electrons. The maximum absolute atomic E-state index is 12.0. The van der Waals surface area contributed by atoms with Crippen molar-refractivity contribution in [1.29, 1.82) is 0 Å². The van der Waals surface area contributed by atoms with E-state index in [0.29, 0.717) is 31.5 Å². The Morgan fingerprint density at radius 1 is 1.18 bits per heavy atom. The highest BCUT2D eigenvalue weighted by Gasteiger charge is 2.28. The van der Waals surface area contributed by atoms with E-state index in [9.17, 15) is 9.59 Å². The van der Waals surface area contributed by atoms with Crippen LogP contribution in [0.3, 0.4) is 0 Å². The van der Waals surface area contributed by atoms with E-state index in [2.05, 4.69) is 26.3 Å². The van der Waals surface area contributed by atoms with Crippen molar-refractivity contribution in [3.8, 4) is 0 Å². The van der Waals surface area contributed by atoms with E-state index in [4.69, 9.17) is 4.98 Å². The van der Waals surface area contributed by atoms with Gasteiger partial charge in [0.05, 0.1) is 0 Å². The first kappa shape index (κ1) is 21.5. The molecule has 0 unspecified atom stereocenters. The Morgan fingerprint density at radius 3 is 2.79 bits per heavy atom. The molecule has 3 fully saturated rings. The third-order valence-electron chi connectivity index (χ3n) is 6.53. The second-order valence-electron chi connectivity index (χ2n) is 9.03. The summed E-state index contributed by atoms with van der Waals surface area (Å²) < 4.78 is 0. The van der Waals surface area contributed by atoms with Crippen molar-refractivity contribution in [1.82, 2.24) is 20.6 Å². The summed E-state index contributed by atoms with van der Waals surface area (Å²) in [4.78, 5) is 34.9. The van der Waals surface area contributed by atoms with E-state index in [1.807, 2.05) is 30.5 Å². The number of hydrogen-bond donors (Lipinski definition) is 4. The molecule has 9 nitrogen and oxygen atoms in total. The van der Waals surface area contributed by atoms with Crippen molar-refractivity contribution in [2.75, 3.05) is 41.7 Å². The van der Waals surface area contributed by atoms with Gasteiger partial charge in [-0.05, 0) is 56.2 Å². The van der Waals surface area contributed by atoms with Gasteiger partial charge >= 0.3 is 6.03 Å². The minimum absolute atomic E-state index is 0.0763. The van der Waals surface area contributed by atoms with Crippen LogP contribution in [0.1, 0.15) is 50.0 Å². The third kappa shape index (κ3) is 5.18. The average molecular weight is 450 g/mol. The zero-order valence-electron chi connectivity index (χ0n) is 18.8. The van der Waals surface area contributed by atoms with Gasteiger partial charge in [0, 0.05) is 55.2 Å². The number of anilines is 4. The summed E-state index contributed by atoms with van der Waals surface area (Å²) >= 11 is 0. The van der Waals surface area contributed by atoms with Crippen LogP contribution in [0, 0.1) is 5.92 Å². The van der Waals surface area contributed by atoms with Gasteiger partial charge < -0.3 is 21.3 Å². The molecule has 3 aliphatic rings. The number of hydrogen-bond acceptors (Lipinski definition) is 6. The lowest BCUT2D eigenvalue weighted by Gasteiger charge is -2.24. The van der Waals surface area contributed by atoms with Crippen LogP contribution in [0.5, 0.6) is 0 Å². The Hall–Kier alpha value is -3.36. The van der Waals surface area contributed by atoms with Crippen molar-refractivity contribution in [2.45, 2.75) is 44.4 Å². The Balaban J connectivity index is 1.20. The van der Waals surface area contributed by atoms with Gasteiger partial charge in [0.1, 0.15) is 5.82 Å². The molecule has 33 heavy (non-hydrogen) atoms. The Kier molecular flexibility index (Phi) is 6.28. The minimum Gasteiger partial charge on any atom is -0.370 e. The van der Waals surface area contributed by atoms with Crippen molar-refractivity contribution in [2.24, 2.45) is 5.92 Å². The highest BCUT2D eigenvalue weighted by molar-refractivity contribution is 5.94. The van der Waals surface area contributed by atoms with Crippen LogP contribution in [-0.4, -0.2) is 48.1 Å². The van der Waals surface area contributed by atoms with E-state index in [1.165, 1.54) is 19.3 Å². The Bertz CT molecular complexity index is 1020. The first-order chi connectivity index (χ1) is 16.2. The Morgan fingerprint density at radius 2 is 2.06 bits per heavy atom. The van der Waals surface area contributed by atoms with Gasteiger partial charge in [-0.15, -0.1) is 0 Å². The van der Waals surface area contributed by atoms with Gasteiger partial charge in [0.15, 0.2) is 0 Å². The van der Waals surface area contributed by atoms with Crippen molar-refractivity contribution in [3.05, 3.63) is 36.0 Å². The number of nitrogens with one attached hydrogen (secondary N) is 4. The highest BCUT2D eigenvalue weighted by Crippen LogP contribution is 2.42. The molecule has 1 aromatic carbocycles. The third-order valence-corrected chi connectivity index (χ3v) is 6.53. The minimum atomic E-state index is -0.0763. The number of rotatable bonds is 10. The molecule has 3 amide bonds. The fourth-order valence-corrected chi connectivity index (χ4v) is 4.21. The van der Waals surface area contributed by atoms with Crippen LogP contribution in [-0.2, 0) is 4.79 Å². The van der Waals surface area contributed by atoms with Gasteiger partial charge in [0.2, 0.25) is 11.9 Å². The molecule has 2 saturated carbocycles. The van der Waals surface area contributed by atoms with E-state index >= 15 is 0 Å². The smallest absolute Gasteiger partial charge is 0.321 e. The topological polar surface area (TPSA) is 111 Å². The summed E-state index contributed by atoms with van der Waals surface area (Å²) in [6.45, 7) is 2.72. The maximum Gasteiger partial charge on any atom is 0.321 e. The van der Waals surface area contributed by atoms with Crippen LogP contribution in [0.2, 0.25) is 0 Å². The molecule has 1 saturated heterocycles. The lowest BCUT2D eigenvalue weighted by molar-refractivity contribution is -0.127. The largest absolute Gasteiger partial charge is 0.370 e. The predicted octanol–water partition coefficient (Wildman–Crippen LogP) is 3.35. The number of nitrogens with zero attached hydrogens (tertiary/aromatic N) is 3. The van der Waals surface area contributed by atoms with Gasteiger partial charge in [0.25, 0.3) is 0 Å². The van der Waals surface area contributed by atoms with Crippen LogP contribution in [0.15, 0.2) is 30.5 Å². The molecule has 4 N–H and O–H groups in total. The average Bonchev–Trinajstić information content (AvgIpc) is 3.52. The zero-order chi connectivity index (χ0) is 22.6. The molecule has 2 heterocycles. The second-order valence-corrected chi connectivity index (χ2v) is 9.03. The molecule has 2 aromatic rings. The number of carbonyl (C=O) groups is 2. The molecule has 174 valence electrons. The van der Waals surface area contributed by atoms with Crippen LogP contribution < -0.4 is 26.2 Å². The molecule has 1 aliphatic heterocycles. The first-order valence-corrected chi connectivity index (χ1v) is 12.0. The number of carbonyl (C=O) groups excluding carboxylic acids is 2. The standard InChI is InChI=1S/C24H31N7O2/c32-22(17-4-1-5-17)26-11-3-10-25-21-20(16-8-9-16)15-28-23(30-21)29-18-6-2-7-19(14-18)31-13-12-27-24(31)33/h2,6-7,14-17H,1,3-5,8-13H2,(H,26,32)(H,27,33)(H2,25,28,29,30). The SMILES string of the molecule is O=C(NCCCNc1nc(Nc2cccc(N3CCNC3=O)c2)ncc1C1CC1)C1CCC1. The lowest BCUT2D eigenvalue weighted by Crippen LogP contribution is -2.35. The summed E-state index contributed by atoms with van der Waals surface area (Å²) in [5.41, 5.74) is 2.82. The highest BCUT2D eigenvalue weighted by atomic mass is 16.2. The fraction of sp³-hybridized carbons (Fsp3) is 0.500. The van der Waals surface area contributed by atoms with E-state index in [-0.39, 0.29) is 17.9 Å². The van der Waals surface area contributed by atoms with Gasteiger partial charge in [-0.3, -0.25) is 9.69 Å². The molecule has 0 atom stereocenters. The Labute approximate surface area is 193 Å². The summed E-state index contributed by atoms with van der Waals surface area (Å²) in [6.07, 6.45) is 8.32. The summed E-state index contributed by atoms with van der Waals surface area (Å²) in [5.74, 6) is 2.32. The van der Waals surface area contributed by atoms with Crippen molar-refractivity contribution < 1.29 is 9.59 Å². The van der Waals surface area contributed by atoms with Gasteiger partial charge in [-0.2, -0.15) is 4.98 Å².